The van der Waals surface area contributed by atoms with Crippen molar-refractivity contribution in [2.45, 2.75) is 25.7 Å². The van der Waals surface area contributed by atoms with E-state index in [9.17, 15) is 14.0 Å². The number of halogens is 1. The molecule has 2 atom stereocenters. The molecule has 0 spiro atoms. The van der Waals surface area contributed by atoms with E-state index in [0.29, 0.717) is 30.3 Å². The summed E-state index contributed by atoms with van der Waals surface area (Å²) in [4.78, 5) is 27.3. The number of hydrogen-bond donors (Lipinski definition) is 1. The molecule has 152 valence electrons. The first kappa shape index (κ1) is 19.4. The van der Waals surface area contributed by atoms with E-state index in [4.69, 9.17) is 4.74 Å². The van der Waals surface area contributed by atoms with Crippen molar-refractivity contribution in [1.82, 2.24) is 4.90 Å². The van der Waals surface area contributed by atoms with Crippen LogP contribution in [0.1, 0.15) is 29.9 Å². The van der Waals surface area contributed by atoms with Crippen molar-refractivity contribution in [3.05, 3.63) is 59.4 Å². The minimum atomic E-state index is -0.860. The smallest absolute Gasteiger partial charge is 0.237 e. The summed E-state index contributed by atoms with van der Waals surface area (Å²) >= 11 is 0. The van der Waals surface area contributed by atoms with Gasteiger partial charge in [0.1, 0.15) is 17.5 Å². The predicted molar refractivity (Wildman–Crippen MR) is 108 cm³/mol. The van der Waals surface area contributed by atoms with Gasteiger partial charge < -0.3 is 15.0 Å². The monoisotopic (exact) mass is 396 g/mol. The molecule has 2 aromatic carbocycles. The summed E-state index contributed by atoms with van der Waals surface area (Å²) in [6.07, 6.45) is 2.42. The zero-order chi connectivity index (χ0) is 20.5. The molecule has 1 saturated heterocycles. The lowest BCUT2D eigenvalue weighted by molar-refractivity contribution is -0.135. The van der Waals surface area contributed by atoms with Gasteiger partial charge in [-0.3, -0.25) is 9.59 Å². The topological polar surface area (TPSA) is 58.6 Å². The Bertz CT molecular complexity index is 941. The molecule has 29 heavy (non-hydrogen) atoms. The van der Waals surface area contributed by atoms with Crippen LogP contribution in [-0.2, 0) is 9.59 Å². The number of anilines is 1. The number of carbonyl (C=O) groups is 2. The highest BCUT2D eigenvalue weighted by molar-refractivity contribution is 6.08. The third-order valence-corrected chi connectivity index (χ3v) is 5.79. The lowest BCUT2D eigenvalue weighted by atomic mass is 9.87. The Morgan fingerprint density at radius 2 is 2.00 bits per heavy atom. The van der Waals surface area contributed by atoms with Crippen molar-refractivity contribution in [2.75, 3.05) is 25.5 Å². The van der Waals surface area contributed by atoms with E-state index in [-0.39, 0.29) is 11.8 Å². The quantitative estimate of drug-likeness (QED) is 0.757. The van der Waals surface area contributed by atoms with Crippen LogP contribution in [0.2, 0.25) is 0 Å². The second kappa shape index (κ2) is 7.85. The van der Waals surface area contributed by atoms with Crippen LogP contribution in [0.25, 0.3) is 0 Å². The second-order valence-electron chi connectivity index (χ2n) is 8.03. The summed E-state index contributed by atoms with van der Waals surface area (Å²) in [5.74, 6) is -0.780. The largest absolute Gasteiger partial charge is 0.493 e. The highest BCUT2D eigenvalue weighted by atomic mass is 19.1. The Morgan fingerprint density at radius 3 is 2.76 bits per heavy atom. The second-order valence-corrected chi connectivity index (χ2v) is 8.03. The molecule has 1 aliphatic carbocycles. The third-order valence-electron chi connectivity index (χ3n) is 5.79. The Morgan fingerprint density at radius 1 is 1.24 bits per heavy atom. The lowest BCUT2D eigenvalue weighted by Crippen LogP contribution is -2.33. The third kappa shape index (κ3) is 4.11. The van der Waals surface area contributed by atoms with Crippen LogP contribution in [0.15, 0.2) is 42.5 Å². The maximum Gasteiger partial charge on any atom is 0.237 e. The van der Waals surface area contributed by atoms with Crippen LogP contribution in [-0.4, -0.2) is 36.9 Å². The van der Waals surface area contributed by atoms with Gasteiger partial charge in [0.25, 0.3) is 0 Å². The van der Waals surface area contributed by atoms with Crippen LogP contribution in [0.5, 0.6) is 5.75 Å². The van der Waals surface area contributed by atoms with Gasteiger partial charge in [-0.1, -0.05) is 18.2 Å². The molecule has 6 heteroatoms. The molecule has 1 N–H and O–H groups in total. The SMILES string of the molecule is Cc1c(F)cccc1NC(=O)[C@@H]1C(=O)N(C)C[C@H]1c1cccc(OCC2CC2)c1. The number of hydrogen-bond acceptors (Lipinski definition) is 3. The van der Waals surface area contributed by atoms with Crippen LogP contribution in [0.4, 0.5) is 10.1 Å². The average molecular weight is 396 g/mol. The van der Waals surface area contributed by atoms with Gasteiger partial charge in [-0.2, -0.15) is 0 Å². The van der Waals surface area contributed by atoms with Crippen LogP contribution in [0.3, 0.4) is 0 Å². The maximum absolute atomic E-state index is 13.8. The van der Waals surface area contributed by atoms with Gasteiger partial charge in [0.15, 0.2) is 0 Å². The van der Waals surface area contributed by atoms with Gasteiger partial charge in [0, 0.05) is 30.8 Å². The molecule has 4 rings (SSSR count). The van der Waals surface area contributed by atoms with Gasteiger partial charge in [-0.15, -0.1) is 0 Å². The van der Waals surface area contributed by atoms with E-state index in [1.165, 1.54) is 18.9 Å². The van der Waals surface area contributed by atoms with Crippen molar-refractivity contribution in [1.29, 1.82) is 0 Å². The maximum atomic E-state index is 13.8. The number of amides is 2. The van der Waals surface area contributed by atoms with Crippen molar-refractivity contribution in [2.24, 2.45) is 11.8 Å². The number of ether oxygens (including phenoxy) is 1. The van der Waals surface area contributed by atoms with Crippen LogP contribution >= 0.6 is 0 Å². The van der Waals surface area contributed by atoms with Gasteiger partial charge >= 0.3 is 0 Å². The fourth-order valence-corrected chi connectivity index (χ4v) is 3.78. The molecule has 1 aliphatic heterocycles. The van der Waals surface area contributed by atoms with E-state index in [1.807, 2.05) is 24.3 Å². The number of nitrogens with one attached hydrogen (secondary N) is 1. The van der Waals surface area contributed by atoms with Crippen molar-refractivity contribution in [3.63, 3.8) is 0 Å². The van der Waals surface area contributed by atoms with E-state index < -0.39 is 17.6 Å². The minimum absolute atomic E-state index is 0.231. The van der Waals surface area contributed by atoms with Crippen LogP contribution < -0.4 is 10.1 Å². The highest BCUT2D eigenvalue weighted by Crippen LogP contribution is 2.36. The van der Waals surface area contributed by atoms with Gasteiger partial charge in [0.2, 0.25) is 11.8 Å². The minimum Gasteiger partial charge on any atom is -0.493 e. The zero-order valence-corrected chi connectivity index (χ0v) is 16.7. The highest BCUT2D eigenvalue weighted by Gasteiger charge is 2.44. The fourth-order valence-electron chi connectivity index (χ4n) is 3.78. The molecule has 0 unspecified atom stereocenters. The standard InChI is InChI=1S/C23H25FN2O3/c1-14-19(24)7-4-8-20(14)25-22(27)21-18(12-26(2)23(21)28)16-5-3-6-17(11-16)29-13-15-9-10-15/h3-8,11,15,18,21H,9-10,12-13H2,1-2H3,(H,25,27)/t18-,21+/m0/s1. The van der Waals surface area contributed by atoms with E-state index in [0.717, 1.165) is 11.3 Å². The Labute approximate surface area is 169 Å². The summed E-state index contributed by atoms with van der Waals surface area (Å²) in [5, 5.41) is 2.75. The molecule has 2 aromatic rings. The summed E-state index contributed by atoms with van der Waals surface area (Å²) in [6, 6.07) is 12.2. The number of benzene rings is 2. The molecule has 0 radical (unpaired) electrons. The first-order chi connectivity index (χ1) is 13.9. The van der Waals surface area contributed by atoms with Crippen molar-refractivity contribution in [3.8, 4) is 5.75 Å². The normalized spacial score (nSPS) is 21.3. The predicted octanol–water partition coefficient (Wildman–Crippen LogP) is 3.73. The first-order valence-electron chi connectivity index (χ1n) is 9.97. The number of rotatable bonds is 6. The number of likely N-dealkylation sites (tertiary alicyclic amines) is 1. The fraction of sp³-hybridized carbons (Fsp3) is 0.391. The zero-order valence-electron chi connectivity index (χ0n) is 16.7. The van der Waals surface area contributed by atoms with Crippen LogP contribution in [0, 0.1) is 24.6 Å². The first-order valence-corrected chi connectivity index (χ1v) is 9.97. The molecule has 2 fully saturated rings. The molecule has 5 nitrogen and oxygen atoms in total. The molecule has 0 aromatic heterocycles. The number of nitrogens with zero attached hydrogens (tertiary/aromatic N) is 1. The summed E-state index contributed by atoms with van der Waals surface area (Å²) in [6.45, 7) is 2.76. The van der Waals surface area contributed by atoms with Gasteiger partial charge in [0.05, 0.1) is 6.61 Å². The molecular formula is C23H25FN2O3. The Hall–Kier alpha value is -2.89. The lowest BCUT2D eigenvalue weighted by Gasteiger charge is -2.18. The molecule has 1 heterocycles. The van der Waals surface area contributed by atoms with Gasteiger partial charge in [-0.25, -0.2) is 4.39 Å². The molecule has 1 saturated carbocycles. The molecular weight excluding hydrogens is 371 g/mol. The Balaban J connectivity index is 1.55. The molecule has 0 bridgehead atoms. The number of likely N-dealkylation sites (N-methyl/N-ethyl adjacent to an activating group) is 1. The molecule has 2 aliphatic rings. The summed E-state index contributed by atoms with van der Waals surface area (Å²) in [7, 11) is 1.70. The van der Waals surface area contributed by atoms with Gasteiger partial charge in [-0.05, 0) is 55.5 Å². The molecule has 2 amide bonds. The number of carbonyl (C=O) groups excluding carboxylic acids is 2. The van der Waals surface area contributed by atoms with E-state index in [1.54, 1.807) is 31.0 Å². The summed E-state index contributed by atoms with van der Waals surface area (Å²) < 4.78 is 19.7. The van der Waals surface area contributed by atoms with E-state index in [2.05, 4.69) is 5.32 Å². The Kier molecular flexibility index (Phi) is 5.26. The van der Waals surface area contributed by atoms with Crippen molar-refractivity contribution >= 4 is 17.5 Å². The van der Waals surface area contributed by atoms with Crippen molar-refractivity contribution < 1.29 is 18.7 Å². The van der Waals surface area contributed by atoms with E-state index >= 15 is 0 Å². The average Bonchev–Trinajstić information content (AvgIpc) is 3.49. The summed E-state index contributed by atoms with van der Waals surface area (Å²) in [5.41, 5.74) is 1.64.